The summed E-state index contributed by atoms with van der Waals surface area (Å²) in [7, 11) is 0. The van der Waals surface area contributed by atoms with Crippen LogP contribution in [0.1, 0.15) is 12.0 Å². The maximum atomic E-state index is 11.6. The highest BCUT2D eigenvalue weighted by atomic mass is 35.5. The lowest BCUT2D eigenvalue weighted by Crippen LogP contribution is -2.36. The van der Waals surface area contributed by atoms with E-state index >= 15 is 0 Å². The van der Waals surface area contributed by atoms with E-state index in [9.17, 15) is 9.59 Å². The third kappa shape index (κ3) is 6.98. The molecule has 2 N–H and O–H groups in total. The third-order valence-corrected chi connectivity index (χ3v) is 3.15. The Hall–Kier alpha value is -0.970. The summed E-state index contributed by atoms with van der Waals surface area (Å²) in [5, 5.41) is 5.85. The molecule has 0 atom stereocenters. The number of hydrogen-bond acceptors (Lipinski definition) is 2. The normalized spacial score (nSPS) is 10.4. The van der Waals surface area contributed by atoms with Crippen molar-refractivity contribution in [1.82, 2.24) is 10.6 Å². The van der Waals surface area contributed by atoms with E-state index in [-0.39, 0.29) is 5.91 Å². The zero-order valence-corrected chi connectivity index (χ0v) is 12.9. The van der Waals surface area contributed by atoms with E-state index in [2.05, 4.69) is 10.6 Å². The number of nitrogens with one attached hydrogen (secondary N) is 2. The molecule has 7 heteroatoms. The van der Waals surface area contributed by atoms with Crippen molar-refractivity contribution >= 4 is 46.6 Å². The van der Waals surface area contributed by atoms with Crippen LogP contribution in [0.25, 0.3) is 0 Å². The number of carbonyl (C=O) groups is 2. The summed E-state index contributed by atoms with van der Waals surface area (Å²) in [6, 6.07) is 7.35. The molecule has 0 unspecified atom stereocenters. The highest BCUT2D eigenvalue weighted by Crippen LogP contribution is 2.10. The molecule has 0 aliphatic heterocycles. The molecule has 0 aliphatic carbocycles. The molecule has 0 spiro atoms. The van der Waals surface area contributed by atoms with Crippen molar-refractivity contribution in [3.8, 4) is 0 Å². The summed E-state index contributed by atoms with van der Waals surface area (Å²) in [6.07, 6.45) is 1.02. The van der Waals surface area contributed by atoms with Gasteiger partial charge >= 0.3 is 0 Å². The van der Waals surface area contributed by atoms with Crippen LogP contribution in [0.5, 0.6) is 0 Å². The predicted octanol–water partition coefficient (Wildman–Crippen LogP) is 2.31. The summed E-state index contributed by atoms with van der Waals surface area (Å²) in [5.41, 5.74) is 1.05. The maximum absolute atomic E-state index is 11.6. The lowest BCUT2D eigenvalue weighted by molar-refractivity contribution is -0.122. The second-order valence-electron chi connectivity index (χ2n) is 4.07. The largest absolute Gasteiger partial charge is 0.354 e. The van der Waals surface area contributed by atoms with Gasteiger partial charge in [-0.2, -0.15) is 0 Å². The molecule has 1 aromatic carbocycles. The average Bonchev–Trinajstić information content (AvgIpc) is 2.42. The van der Waals surface area contributed by atoms with E-state index in [1.807, 2.05) is 12.1 Å². The molecule has 110 valence electrons. The summed E-state index contributed by atoms with van der Waals surface area (Å²) in [4.78, 5) is 21.5. The molecule has 0 radical (unpaired) electrons. The van der Waals surface area contributed by atoms with Crippen molar-refractivity contribution in [2.75, 3.05) is 13.1 Å². The first kappa shape index (κ1) is 17.1. The first-order chi connectivity index (χ1) is 9.49. The maximum Gasteiger partial charge on any atom is 0.253 e. The number of amides is 2. The van der Waals surface area contributed by atoms with Crippen LogP contribution in [0.3, 0.4) is 0 Å². The van der Waals surface area contributed by atoms with Crippen LogP contribution >= 0.6 is 34.8 Å². The smallest absolute Gasteiger partial charge is 0.253 e. The Labute approximate surface area is 132 Å². The molecule has 0 saturated heterocycles. The third-order valence-electron chi connectivity index (χ3n) is 2.50. The number of rotatable bonds is 7. The molecule has 1 rings (SSSR count). The average molecular weight is 338 g/mol. The molecule has 0 aromatic heterocycles. The summed E-state index contributed by atoms with van der Waals surface area (Å²) in [5.74, 6) is -0.550. The van der Waals surface area contributed by atoms with Crippen LogP contribution < -0.4 is 10.6 Å². The van der Waals surface area contributed by atoms with Crippen LogP contribution in [0.4, 0.5) is 0 Å². The van der Waals surface area contributed by atoms with Crippen LogP contribution in [0, 0.1) is 0 Å². The van der Waals surface area contributed by atoms with Crippen LogP contribution in [0.15, 0.2) is 24.3 Å². The van der Waals surface area contributed by atoms with E-state index < -0.39 is 10.7 Å². The number of carbonyl (C=O) groups excluding carboxylic acids is 2. The number of alkyl halides is 2. The van der Waals surface area contributed by atoms with Gasteiger partial charge in [-0.15, -0.1) is 0 Å². The second kappa shape index (κ2) is 9.06. The minimum absolute atomic E-state index is 0.0810. The highest BCUT2D eigenvalue weighted by molar-refractivity contribution is 6.53. The van der Waals surface area contributed by atoms with Crippen LogP contribution in [-0.2, 0) is 16.0 Å². The number of aryl methyl sites for hydroxylation is 1. The predicted molar refractivity (Wildman–Crippen MR) is 81.3 cm³/mol. The van der Waals surface area contributed by atoms with Gasteiger partial charge in [0.25, 0.3) is 5.91 Å². The Morgan fingerprint density at radius 1 is 1.05 bits per heavy atom. The van der Waals surface area contributed by atoms with Gasteiger partial charge in [0.1, 0.15) is 0 Å². The number of benzene rings is 1. The van der Waals surface area contributed by atoms with E-state index in [1.165, 1.54) is 0 Å². The molecule has 0 fully saturated rings. The van der Waals surface area contributed by atoms with E-state index in [0.717, 1.165) is 5.56 Å². The van der Waals surface area contributed by atoms with E-state index in [4.69, 9.17) is 34.8 Å². The minimum atomic E-state index is -1.09. The van der Waals surface area contributed by atoms with Crippen molar-refractivity contribution < 1.29 is 9.59 Å². The van der Waals surface area contributed by atoms with Crippen LogP contribution in [0.2, 0.25) is 5.02 Å². The Balaban J connectivity index is 2.14. The van der Waals surface area contributed by atoms with Gasteiger partial charge in [-0.1, -0.05) is 46.9 Å². The fourth-order valence-corrected chi connectivity index (χ4v) is 1.74. The van der Waals surface area contributed by atoms with Crippen molar-refractivity contribution in [3.63, 3.8) is 0 Å². The van der Waals surface area contributed by atoms with E-state index in [1.54, 1.807) is 12.1 Å². The molecule has 1 aromatic rings. The molecule has 0 aliphatic rings. The molecule has 0 heterocycles. The minimum Gasteiger partial charge on any atom is -0.354 e. The first-order valence-corrected chi connectivity index (χ1v) is 7.31. The first-order valence-electron chi connectivity index (χ1n) is 6.06. The molecule has 4 nitrogen and oxygen atoms in total. The Morgan fingerprint density at radius 2 is 1.65 bits per heavy atom. The van der Waals surface area contributed by atoms with Gasteiger partial charge in [0.05, 0.1) is 0 Å². The fraction of sp³-hybridized carbons (Fsp3) is 0.385. The zero-order chi connectivity index (χ0) is 15.0. The monoisotopic (exact) mass is 336 g/mol. The van der Waals surface area contributed by atoms with Gasteiger partial charge in [0.2, 0.25) is 5.91 Å². The van der Waals surface area contributed by atoms with Gasteiger partial charge in [-0.25, -0.2) is 0 Å². The topological polar surface area (TPSA) is 58.2 Å². The molecular formula is C13H15Cl3N2O2. The highest BCUT2D eigenvalue weighted by Gasteiger charge is 2.09. The van der Waals surface area contributed by atoms with Gasteiger partial charge < -0.3 is 10.6 Å². The number of hydrogen-bond donors (Lipinski definition) is 2. The van der Waals surface area contributed by atoms with Gasteiger partial charge in [0.15, 0.2) is 4.84 Å². The zero-order valence-electron chi connectivity index (χ0n) is 10.7. The Morgan fingerprint density at radius 3 is 2.25 bits per heavy atom. The van der Waals surface area contributed by atoms with Crippen molar-refractivity contribution in [2.24, 2.45) is 0 Å². The van der Waals surface area contributed by atoms with Crippen molar-refractivity contribution in [1.29, 1.82) is 0 Å². The second-order valence-corrected chi connectivity index (χ2v) is 5.60. The van der Waals surface area contributed by atoms with Crippen molar-refractivity contribution in [2.45, 2.75) is 17.7 Å². The van der Waals surface area contributed by atoms with Gasteiger partial charge in [0, 0.05) is 24.5 Å². The summed E-state index contributed by atoms with van der Waals surface area (Å²) >= 11 is 16.5. The van der Waals surface area contributed by atoms with E-state index in [0.29, 0.717) is 31.0 Å². The van der Waals surface area contributed by atoms with Gasteiger partial charge in [-0.3, -0.25) is 9.59 Å². The Bertz CT molecular complexity index is 449. The fourth-order valence-electron chi connectivity index (χ4n) is 1.46. The quantitative estimate of drug-likeness (QED) is 0.592. The van der Waals surface area contributed by atoms with Crippen molar-refractivity contribution in [3.05, 3.63) is 34.9 Å². The SMILES string of the molecule is O=C(CCc1ccc(Cl)cc1)NCCNC(=O)C(Cl)Cl. The lowest BCUT2D eigenvalue weighted by Gasteiger charge is -2.07. The molecule has 0 bridgehead atoms. The molecule has 0 saturated carbocycles. The summed E-state index contributed by atoms with van der Waals surface area (Å²) in [6.45, 7) is 0.632. The molecule has 20 heavy (non-hydrogen) atoms. The Kier molecular flexibility index (Phi) is 7.73. The molecular weight excluding hydrogens is 323 g/mol. The number of halogens is 3. The standard InChI is InChI=1S/C13H15Cl3N2O2/c14-10-4-1-9(2-5-10)3-6-11(19)17-7-8-18-13(20)12(15)16/h1-2,4-5,12H,3,6-8H2,(H,17,19)(H,18,20). The molecule has 2 amide bonds. The van der Waals surface area contributed by atoms with Crippen LogP contribution in [-0.4, -0.2) is 29.7 Å². The summed E-state index contributed by atoms with van der Waals surface area (Å²) < 4.78 is 0. The lowest BCUT2D eigenvalue weighted by atomic mass is 10.1. The van der Waals surface area contributed by atoms with Gasteiger partial charge in [-0.05, 0) is 24.1 Å².